The number of aliphatic carboxylic acids is 1. The molecule has 3 nitrogen and oxygen atoms in total. The maximum absolute atomic E-state index is 11.0. The molecule has 0 radical (unpaired) electrons. The Bertz CT molecular complexity index is 490. The van der Waals surface area contributed by atoms with Gasteiger partial charge in [-0.1, -0.05) is 23.7 Å². The second kappa shape index (κ2) is 6.37. The first-order valence-corrected chi connectivity index (χ1v) is 8.25. The minimum absolute atomic E-state index is 0.141. The number of nitrogens with one attached hydrogen (secondary N) is 1. The van der Waals surface area contributed by atoms with Crippen molar-refractivity contribution < 1.29 is 9.90 Å². The predicted octanol–water partition coefficient (Wildman–Crippen LogP) is 4.02. The normalized spacial score (nSPS) is 27.3. The molecule has 1 atom stereocenters. The molecule has 2 aliphatic rings. The zero-order valence-corrected chi connectivity index (χ0v) is 12.9. The summed E-state index contributed by atoms with van der Waals surface area (Å²) in [5, 5.41) is 13.6. The van der Waals surface area contributed by atoms with Gasteiger partial charge in [-0.15, -0.1) is 0 Å². The Labute approximate surface area is 130 Å². The summed E-state index contributed by atoms with van der Waals surface area (Å²) in [4.78, 5) is 11.0. The summed E-state index contributed by atoms with van der Waals surface area (Å²) in [6.45, 7) is 0. The van der Waals surface area contributed by atoms with Crippen LogP contribution in [0.1, 0.15) is 50.1 Å². The lowest BCUT2D eigenvalue weighted by atomic mass is 9.85. The zero-order valence-electron chi connectivity index (χ0n) is 12.1. The summed E-state index contributed by atoms with van der Waals surface area (Å²) < 4.78 is 0. The van der Waals surface area contributed by atoms with E-state index in [0.29, 0.717) is 12.1 Å². The minimum Gasteiger partial charge on any atom is -0.481 e. The van der Waals surface area contributed by atoms with Gasteiger partial charge in [-0.05, 0) is 62.1 Å². The molecule has 21 heavy (non-hydrogen) atoms. The highest BCUT2D eigenvalue weighted by atomic mass is 35.5. The third-order valence-electron chi connectivity index (χ3n) is 4.81. The van der Waals surface area contributed by atoms with Gasteiger partial charge >= 0.3 is 5.97 Å². The van der Waals surface area contributed by atoms with Crippen LogP contribution in [0.3, 0.4) is 0 Å². The molecule has 1 unspecified atom stereocenters. The average Bonchev–Trinajstić information content (AvgIpc) is 3.31. The smallest absolute Gasteiger partial charge is 0.306 e. The summed E-state index contributed by atoms with van der Waals surface area (Å²) in [6, 6.07) is 8.97. The lowest BCUT2D eigenvalue weighted by Crippen LogP contribution is -2.38. The number of carboxylic acids is 1. The molecule has 0 saturated heterocycles. The molecule has 114 valence electrons. The Morgan fingerprint density at radius 1 is 1.10 bits per heavy atom. The molecule has 0 bridgehead atoms. The maximum Gasteiger partial charge on any atom is 0.306 e. The molecule has 4 heteroatoms. The highest BCUT2D eigenvalue weighted by Gasteiger charge is 2.35. The molecule has 2 fully saturated rings. The summed E-state index contributed by atoms with van der Waals surface area (Å²) in [5.41, 5.74) is 1.31. The van der Waals surface area contributed by atoms with Gasteiger partial charge in [0.1, 0.15) is 0 Å². The largest absolute Gasteiger partial charge is 0.481 e. The van der Waals surface area contributed by atoms with Crippen LogP contribution >= 0.6 is 11.6 Å². The Balaban J connectivity index is 1.61. The minimum atomic E-state index is -0.634. The van der Waals surface area contributed by atoms with Crippen LogP contribution in [0.25, 0.3) is 0 Å². The van der Waals surface area contributed by atoms with Crippen LogP contribution in [0.4, 0.5) is 0 Å². The van der Waals surface area contributed by atoms with E-state index in [1.807, 2.05) is 12.1 Å². The molecule has 1 aromatic carbocycles. The third-order valence-corrected chi connectivity index (χ3v) is 5.07. The first-order chi connectivity index (χ1) is 10.1. The van der Waals surface area contributed by atoms with E-state index < -0.39 is 5.97 Å². The van der Waals surface area contributed by atoms with Crippen LogP contribution in [0.5, 0.6) is 0 Å². The van der Waals surface area contributed by atoms with Crippen LogP contribution in [-0.4, -0.2) is 17.1 Å². The van der Waals surface area contributed by atoms with Gasteiger partial charge < -0.3 is 10.4 Å². The molecule has 0 heterocycles. The first-order valence-electron chi connectivity index (χ1n) is 7.88. The highest BCUT2D eigenvalue weighted by molar-refractivity contribution is 6.30. The Kier molecular flexibility index (Phi) is 4.51. The van der Waals surface area contributed by atoms with Gasteiger partial charge in [0.2, 0.25) is 0 Å². The van der Waals surface area contributed by atoms with E-state index in [4.69, 9.17) is 16.7 Å². The highest BCUT2D eigenvalue weighted by Crippen LogP contribution is 2.42. The van der Waals surface area contributed by atoms with Crippen molar-refractivity contribution in [2.45, 2.75) is 50.6 Å². The summed E-state index contributed by atoms with van der Waals surface area (Å²) in [7, 11) is 0. The number of hydrogen-bond acceptors (Lipinski definition) is 2. The Morgan fingerprint density at radius 2 is 1.71 bits per heavy atom. The van der Waals surface area contributed by atoms with Crippen molar-refractivity contribution in [1.82, 2.24) is 5.32 Å². The number of carbonyl (C=O) groups is 1. The van der Waals surface area contributed by atoms with Crippen molar-refractivity contribution in [3.8, 4) is 0 Å². The molecule has 2 aliphatic carbocycles. The van der Waals surface area contributed by atoms with Crippen LogP contribution in [0, 0.1) is 11.8 Å². The summed E-state index contributed by atoms with van der Waals surface area (Å²) in [5.74, 6) is -0.0498. The fourth-order valence-electron chi connectivity index (χ4n) is 3.37. The Morgan fingerprint density at radius 3 is 2.24 bits per heavy atom. The quantitative estimate of drug-likeness (QED) is 0.863. The van der Waals surface area contributed by atoms with Gasteiger partial charge in [0.25, 0.3) is 0 Å². The topological polar surface area (TPSA) is 49.3 Å². The van der Waals surface area contributed by atoms with E-state index in [-0.39, 0.29) is 5.92 Å². The third kappa shape index (κ3) is 3.78. The first kappa shape index (κ1) is 14.9. The standard InChI is InChI=1S/C17H22ClNO2/c18-14-7-3-12(4-8-14)16(11-1-2-11)19-15-9-5-13(6-10-15)17(20)21/h3-4,7-8,11,13,15-16,19H,1-2,5-6,9-10H2,(H,20,21). The number of halogens is 1. The SMILES string of the molecule is O=C(O)C1CCC(NC(c2ccc(Cl)cc2)C2CC2)CC1. The van der Waals surface area contributed by atoms with Crippen LogP contribution < -0.4 is 5.32 Å². The van der Waals surface area contributed by atoms with E-state index in [1.54, 1.807) is 0 Å². The van der Waals surface area contributed by atoms with Crippen LogP contribution in [0.2, 0.25) is 5.02 Å². The molecular weight excluding hydrogens is 286 g/mol. The molecular formula is C17H22ClNO2. The predicted molar refractivity (Wildman–Crippen MR) is 83.4 cm³/mol. The lowest BCUT2D eigenvalue weighted by Gasteiger charge is -2.31. The van der Waals surface area contributed by atoms with Gasteiger partial charge in [-0.25, -0.2) is 0 Å². The lowest BCUT2D eigenvalue weighted by molar-refractivity contribution is -0.142. The molecule has 0 amide bonds. The van der Waals surface area contributed by atoms with Crippen molar-refractivity contribution in [2.75, 3.05) is 0 Å². The number of benzene rings is 1. The molecule has 0 aromatic heterocycles. The Hall–Kier alpha value is -1.06. The van der Waals surface area contributed by atoms with E-state index in [2.05, 4.69) is 17.4 Å². The van der Waals surface area contributed by atoms with Gasteiger partial charge in [-0.3, -0.25) is 4.79 Å². The summed E-state index contributed by atoms with van der Waals surface area (Å²) in [6.07, 6.45) is 6.09. The average molecular weight is 308 g/mol. The van der Waals surface area contributed by atoms with Gasteiger partial charge in [0.15, 0.2) is 0 Å². The van der Waals surface area contributed by atoms with Crippen molar-refractivity contribution in [3.63, 3.8) is 0 Å². The number of rotatable bonds is 5. The van der Waals surface area contributed by atoms with Crippen molar-refractivity contribution >= 4 is 17.6 Å². The zero-order chi connectivity index (χ0) is 14.8. The number of hydrogen-bond donors (Lipinski definition) is 2. The van der Waals surface area contributed by atoms with Crippen molar-refractivity contribution in [2.24, 2.45) is 11.8 Å². The van der Waals surface area contributed by atoms with Crippen LogP contribution in [-0.2, 0) is 4.79 Å². The number of carboxylic acid groups (broad SMARTS) is 1. The van der Waals surface area contributed by atoms with E-state index in [9.17, 15) is 4.79 Å². The second-order valence-corrected chi connectivity index (χ2v) is 6.86. The van der Waals surface area contributed by atoms with Crippen molar-refractivity contribution in [3.05, 3.63) is 34.9 Å². The fourth-order valence-corrected chi connectivity index (χ4v) is 3.49. The molecule has 2 saturated carbocycles. The summed E-state index contributed by atoms with van der Waals surface area (Å²) >= 11 is 5.97. The second-order valence-electron chi connectivity index (χ2n) is 6.42. The van der Waals surface area contributed by atoms with E-state index in [1.165, 1.54) is 18.4 Å². The molecule has 1 aromatic rings. The van der Waals surface area contributed by atoms with Gasteiger partial charge in [0.05, 0.1) is 5.92 Å². The fraction of sp³-hybridized carbons (Fsp3) is 0.588. The maximum atomic E-state index is 11.0. The van der Waals surface area contributed by atoms with Crippen molar-refractivity contribution in [1.29, 1.82) is 0 Å². The molecule has 0 aliphatic heterocycles. The van der Waals surface area contributed by atoms with E-state index >= 15 is 0 Å². The van der Waals surface area contributed by atoms with Crippen LogP contribution in [0.15, 0.2) is 24.3 Å². The van der Waals surface area contributed by atoms with Gasteiger partial charge in [0, 0.05) is 17.1 Å². The molecule has 3 rings (SSSR count). The van der Waals surface area contributed by atoms with E-state index in [0.717, 1.165) is 36.6 Å². The molecule has 0 spiro atoms. The molecule has 2 N–H and O–H groups in total. The monoisotopic (exact) mass is 307 g/mol. The van der Waals surface area contributed by atoms with Gasteiger partial charge in [-0.2, -0.15) is 0 Å².